The Bertz CT molecular complexity index is 548. The highest BCUT2D eigenvalue weighted by atomic mass is 79.9. The number of alkyl halides is 22. The molecular weight excluding hydrogens is 587 g/mol. The molecule has 31 heavy (non-hydrogen) atoms. The summed E-state index contributed by atoms with van der Waals surface area (Å²) in [4.78, 5) is -6.50. The van der Waals surface area contributed by atoms with E-state index in [4.69, 9.17) is 0 Å². The summed E-state index contributed by atoms with van der Waals surface area (Å²) in [5.41, 5.74) is 0. The third kappa shape index (κ3) is 5.50. The summed E-state index contributed by atoms with van der Waals surface area (Å²) in [6.07, 6.45) is -13.2. The van der Waals surface area contributed by atoms with Crippen LogP contribution in [0.15, 0.2) is 0 Å². The molecule has 0 aliphatic rings. The quantitative estimate of drug-likeness (QED) is 0.220. The molecule has 0 unspecified atom stereocenters. The standard InChI is InChI=1S/C8BrF17.CF4/c9-7(22,23)5(18,19)3(14,15)1(10,11)2(12,13)4(16,17)6(20,21)8(24,25)26;2-1(3,4)5. The third-order valence-electron chi connectivity index (χ3n) is 2.68. The van der Waals surface area contributed by atoms with Gasteiger partial charge in [0.05, 0.1) is 0 Å². The van der Waals surface area contributed by atoms with E-state index in [-0.39, 0.29) is 0 Å². The van der Waals surface area contributed by atoms with E-state index in [0.717, 1.165) is 0 Å². The Balaban J connectivity index is 0. The molecule has 0 heterocycles. The minimum Gasteiger partial charge on any atom is -0.192 e. The second-order valence-electron chi connectivity index (χ2n) is 4.87. The first-order valence-electron chi connectivity index (χ1n) is 5.91. The van der Waals surface area contributed by atoms with E-state index in [1.165, 1.54) is 0 Å². The molecule has 0 radical (unpaired) electrons. The van der Waals surface area contributed by atoms with Gasteiger partial charge in [0.25, 0.3) is 0 Å². The van der Waals surface area contributed by atoms with Gasteiger partial charge in [0.2, 0.25) is 0 Å². The molecule has 0 atom stereocenters. The third-order valence-corrected chi connectivity index (χ3v) is 3.18. The van der Waals surface area contributed by atoms with E-state index in [1.807, 2.05) is 0 Å². The van der Waals surface area contributed by atoms with Crippen molar-refractivity contribution in [3.8, 4) is 0 Å². The Morgan fingerprint density at radius 2 is 0.452 bits per heavy atom. The highest BCUT2D eigenvalue weighted by molar-refractivity contribution is 9.10. The molecule has 0 fully saturated rings. The molecule has 0 aromatic rings. The van der Waals surface area contributed by atoms with E-state index >= 15 is 0 Å². The Labute approximate surface area is 162 Å². The topological polar surface area (TPSA) is 0 Å². The lowest BCUT2D eigenvalue weighted by Crippen LogP contribution is -2.74. The van der Waals surface area contributed by atoms with Crippen LogP contribution in [0.25, 0.3) is 0 Å². The Kier molecular flexibility index (Phi) is 8.41. The van der Waals surface area contributed by atoms with Crippen LogP contribution in [0.2, 0.25) is 0 Å². The van der Waals surface area contributed by atoms with Crippen LogP contribution in [-0.4, -0.2) is 53.0 Å². The normalized spacial score (nSPS) is 16.1. The Hall–Kier alpha value is -0.990. The van der Waals surface area contributed by atoms with Crippen LogP contribution in [-0.2, 0) is 0 Å². The Morgan fingerprint density at radius 3 is 0.613 bits per heavy atom. The van der Waals surface area contributed by atoms with Gasteiger partial charge in [-0.25, -0.2) is 0 Å². The maximum atomic E-state index is 12.9. The van der Waals surface area contributed by atoms with Gasteiger partial charge in [0, 0.05) is 0 Å². The van der Waals surface area contributed by atoms with Crippen LogP contribution in [0.3, 0.4) is 0 Å². The maximum Gasteiger partial charge on any atom is 0.559 e. The van der Waals surface area contributed by atoms with Gasteiger partial charge in [-0.1, -0.05) is 0 Å². The van der Waals surface area contributed by atoms with Gasteiger partial charge in [-0.15, -0.1) is 17.6 Å². The predicted molar refractivity (Wildman–Crippen MR) is 56.8 cm³/mol. The first-order chi connectivity index (χ1) is 12.8. The minimum atomic E-state index is -8.58. The molecule has 0 N–H and O–H groups in total. The molecule has 0 aliphatic carbocycles. The Morgan fingerprint density at radius 1 is 0.290 bits per heavy atom. The average molecular weight is 587 g/mol. The maximum absolute atomic E-state index is 12.9. The monoisotopic (exact) mass is 586 g/mol. The SMILES string of the molecule is FC(F)(F)C(F)(F)C(F)(F)C(F)(F)C(F)(F)C(F)(F)C(F)(F)C(F)(F)Br.FC(F)(F)F. The average Bonchev–Trinajstić information content (AvgIpc) is 2.41. The molecular formula is C9BrF21. The van der Waals surface area contributed by atoms with Crippen molar-refractivity contribution in [2.45, 2.75) is 53.0 Å². The lowest BCUT2D eigenvalue weighted by Gasteiger charge is -2.42. The van der Waals surface area contributed by atoms with E-state index in [0.29, 0.717) is 15.9 Å². The highest BCUT2D eigenvalue weighted by Gasteiger charge is 2.95. The second-order valence-corrected chi connectivity index (χ2v) is 5.87. The predicted octanol–water partition coefficient (Wildman–Crippen LogP) is 7.82. The number of hydrogen-bond donors (Lipinski definition) is 0. The van der Waals surface area contributed by atoms with Crippen LogP contribution in [0, 0.1) is 0 Å². The first kappa shape index (κ1) is 32.2. The molecule has 0 aromatic heterocycles. The number of rotatable bonds is 6. The van der Waals surface area contributed by atoms with Gasteiger partial charge < -0.3 is 0 Å². The zero-order valence-electron chi connectivity index (χ0n) is 12.8. The minimum absolute atomic E-state index is 0.360. The summed E-state index contributed by atoms with van der Waals surface area (Å²) in [7, 11) is 0. The van der Waals surface area contributed by atoms with E-state index in [9.17, 15) is 92.2 Å². The molecule has 22 heteroatoms. The van der Waals surface area contributed by atoms with Gasteiger partial charge in [0.1, 0.15) is 0 Å². The molecule has 0 aliphatic heterocycles. The summed E-state index contributed by atoms with van der Waals surface area (Å²) in [6, 6.07) is 0. The summed E-state index contributed by atoms with van der Waals surface area (Å²) in [6.45, 7) is 0. The van der Waals surface area contributed by atoms with Crippen LogP contribution >= 0.6 is 15.9 Å². The van der Waals surface area contributed by atoms with E-state index < -0.39 is 53.0 Å². The van der Waals surface area contributed by atoms with Crippen molar-refractivity contribution in [2.75, 3.05) is 0 Å². The van der Waals surface area contributed by atoms with Crippen molar-refractivity contribution in [1.82, 2.24) is 0 Å². The number of hydrogen-bond acceptors (Lipinski definition) is 0. The lowest BCUT2D eigenvalue weighted by atomic mass is 9.91. The van der Waals surface area contributed by atoms with Gasteiger partial charge >= 0.3 is 53.0 Å². The van der Waals surface area contributed by atoms with Gasteiger partial charge in [-0.3, -0.25) is 0 Å². The molecule has 0 amide bonds. The van der Waals surface area contributed by atoms with Gasteiger partial charge in [0.15, 0.2) is 0 Å². The van der Waals surface area contributed by atoms with Gasteiger partial charge in [-0.05, 0) is 15.9 Å². The summed E-state index contributed by atoms with van der Waals surface area (Å²) in [5, 5.41) is 0. The van der Waals surface area contributed by atoms with Crippen molar-refractivity contribution in [2.24, 2.45) is 0 Å². The summed E-state index contributed by atoms with van der Waals surface area (Å²) < 4.78 is 251. The van der Waals surface area contributed by atoms with Crippen LogP contribution in [0.4, 0.5) is 92.2 Å². The lowest BCUT2D eigenvalue weighted by molar-refractivity contribution is -0.457. The smallest absolute Gasteiger partial charge is 0.192 e. The molecule has 0 rings (SSSR count). The molecule has 190 valence electrons. The van der Waals surface area contributed by atoms with Gasteiger partial charge in [-0.2, -0.15) is 74.6 Å². The summed E-state index contributed by atoms with van der Waals surface area (Å²) in [5.74, 6) is -49.6. The van der Waals surface area contributed by atoms with E-state index in [1.54, 1.807) is 0 Å². The van der Waals surface area contributed by atoms with E-state index in [2.05, 4.69) is 0 Å². The van der Waals surface area contributed by atoms with Crippen LogP contribution in [0.5, 0.6) is 0 Å². The van der Waals surface area contributed by atoms with Crippen molar-refractivity contribution in [3.05, 3.63) is 0 Å². The fourth-order valence-corrected chi connectivity index (χ4v) is 1.39. The second kappa shape index (κ2) is 8.10. The highest BCUT2D eigenvalue weighted by Crippen LogP contribution is 2.64. The van der Waals surface area contributed by atoms with Crippen LogP contribution in [0.1, 0.15) is 0 Å². The van der Waals surface area contributed by atoms with Crippen molar-refractivity contribution < 1.29 is 92.2 Å². The van der Waals surface area contributed by atoms with Crippen molar-refractivity contribution in [3.63, 3.8) is 0 Å². The largest absolute Gasteiger partial charge is 0.559 e. The van der Waals surface area contributed by atoms with Crippen LogP contribution < -0.4 is 0 Å². The van der Waals surface area contributed by atoms with Crippen molar-refractivity contribution in [1.29, 1.82) is 0 Å². The number of halogens is 22. The fourth-order valence-electron chi connectivity index (χ4n) is 1.14. The fraction of sp³-hybridized carbons (Fsp3) is 1.00. The zero-order valence-corrected chi connectivity index (χ0v) is 14.4. The molecule has 0 aromatic carbocycles. The molecule has 0 spiro atoms. The molecule has 0 bridgehead atoms. The molecule has 0 nitrogen and oxygen atoms in total. The zero-order chi connectivity index (χ0) is 26.5. The first-order valence-corrected chi connectivity index (χ1v) is 6.70. The van der Waals surface area contributed by atoms with Crippen molar-refractivity contribution >= 4 is 15.9 Å². The molecule has 0 saturated carbocycles. The summed E-state index contributed by atoms with van der Waals surface area (Å²) >= 11 is 0.360. The molecule has 0 saturated heterocycles.